The van der Waals surface area contributed by atoms with E-state index in [0.717, 1.165) is 60.0 Å². The molecule has 64 heavy (non-hydrogen) atoms. The van der Waals surface area contributed by atoms with E-state index in [4.69, 9.17) is 9.57 Å². The summed E-state index contributed by atoms with van der Waals surface area (Å²) in [7, 11) is 1.54. The average molecular weight is 874 g/mol. The summed E-state index contributed by atoms with van der Waals surface area (Å²) >= 11 is 0. The van der Waals surface area contributed by atoms with E-state index in [0.29, 0.717) is 102 Å². The quantitative estimate of drug-likeness (QED) is 0.0859. The number of benzene rings is 4. The van der Waals surface area contributed by atoms with Crippen molar-refractivity contribution < 1.29 is 31.9 Å². The van der Waals surface area contributed by atoms with E-state index in [2.05, 4.69) is 55.0 Å². The maximum atomic E-state index is 14.1. The molecular weight excluding hydrogens is 831 g/mol. The number of hydrogen-bond acceptors (Lipinski definition) is 12. The summed E-state index contributed by atoms with van der Waals surface area (Å²) in [5, 5.41) is 1.25. The van der Waals surface area contributed by atoms with E-state index in [1.807, 2.05) is 12.1 Å². The van der Waals surface area contributed by atoms with Crippen LogP contribution in [0.3, 0.4) is 0 Å². The van der Waals surface area contributed by atoms with Crippen LogP contribution in [0.15, 0.2) is 79.4 Å². The number of aromatic nitrogens is 6. The first-order valence-corrected chi connectivity index (χ1v) is 21.1. The minimum absolute atomic E-state index is 0.293. The summed E-state index contributed by atoms with van der Waals surface area (Å²) in [4.78, 5) is 54.4. The third-order valence-corrected chi connectivity index (χ3v) is 12.3. The highest BCUT2D eigenvalue weighted by Gasteiger charge is 2.27. The first-order valence-electron chi connectivity index (χ1n) is 21.1. The smallest absolute Gasteiger partial charge is 0.363 e. The summed E-state index contributed by atoms with van der Waals surface area (Å²) < 4.78 is 60.1. The summed E-state index contributed by atoms with van der Waals surface area (Å²) in [5.74, 6) is -2.12. The van der Waals surface area contributed by atoms with Gasteiger partial charge in [0.15, 0.2) is 34.9 Å². The molecule has 18 heteroatoms. The molecule has 0 radical (unpaired) electrons. The number of hydrogen-bond donors (Lipinski definition) is 3. The Morgan fingerprint density at radius 1 is 0.641 bits per heavy atom. The van der Waals surface area contributed by atoms with E-state index in [-0.39, 0.29) is 0 Å². The van der Waals surface area contributed by atoms with Crippen LogP contribution in [-0.2, 0) is 17.7 Å². The molecule has 0 bridgehead atoms. The molecule has 0 saturated carbocycles. The number of methoxy groups -OCH3 is 1. The fraction of sp³-hybridized carbons (Fsp3) is 0.283. The van der Waals surface area contributed by atoms with Gasteiger partial charge < -0.3 is 29.3 Å². The zero-order chi connectivity index (χ0) is 43.9. The Morgan fingerprint density at radius 3 is 1.70 bits per heavy atom. The lowest BCUT2D eigenvalue weighted by Crippen LogP contribution is -2.47. The molecule has 2 saturated heterocycles. The summed E-state index contributed by atoms with van der Waals surface area (Å²) in [6, 6.07) is 17.1. The minimum Gasteiger partial charge on any atom is -0.494 e. The maximum absolute atomic E-state index is 14.1. The van der Waals surface area contributed by atoms with E-state index in [1.54, 1.807) is 30.3 Å². The largest absolute Gasteiger partial charge is 0.494 e. The van der Waals surface area contributed by atoms with E-state index in [1.165, 1.54) is 44.0 Å². The number of nitrogens with zero attached hydrogens (tertiary/aromatic N) is 8. The molecule has 0 unspecified atom stereocenters. The molecule has 6 heterocycles. The molecular formula is C46H43F4N11O3. The van der Waals surface area contributed by atoms with Crippen molar-refractivity contribution >= 4 is 67.2 Å². The Bertz CT molecular complexity index is 3040. The molecule has 2 fully saturated rings. The van der Waals surface area contributed by atoms with Gasteiger partial charge in [-0.15, -0.1) is 0 Å². The standard InChI is InChI=1S/C46H43F4N11O3/c1-63-36-10-9-35-38(41-43(56-35)45(54-26-52-41)61-21-17-59(18-22-61)14-12-28-6-8-31(48)33(50)24-28)39(36)57-64-46(62)29-3-2-4-34-37(29)40-42(55-34)44(53-25-51-40)60-19-15-58(16-20-60)13-11-27-5-7-30(47)32(49)23-27/h2-10,23-26,55-57H,11-22H2,1H3. The van der Waals surface area contributed by atoms with Crippen LogP contribution in [0.5, 0.6) is 5.75 Å². The molecule has 328 valence electrons. The normalized spacial score (nSPS) is 15.2. The van der Waals surface area contributed by atoms with Crippen molar-refractivity contribution in [1.29, 1.82) is 0 Å². The minimum atomic E-state index is -0.847. The lowest BCUT2D eigenvalue weighted by atomic mass is 10.1. The van der Waals surface area contributed by atoms with Gasteiger partial charge in [0, 0.05) is 76.4 Å². The predicted octanol–water partition coefficient (Wildman–Crippen LogP) is 7.01. The number of ether oxygens (including phenoxy) is 1. The number of aromatic amines is 2. The Morgan fingerprint density at radius 2 is 1.17 bits per heavy atom. The van der Waals surface area contributed by atoms with Crippen LogP contribution in [0.1, 0.15) is 21.5 Å². The third kappa shape index (κ3) is 7.83. The van der Waals surface area contributed by atoms with Crippen molar-refractivity contribution in [2.24, 2.45) is 0 Å². The van der Waals surface area contributed by atoms with Crippen LogP contribution in [-0.4, -0.2) is 118 Å². The number of rotatable bonds is 12. The van der Waals surface area contributed by atoms with Crippen molar-refractivity contribution in [2.75, 3.05) is 87.8 Å². The number of anilines is 3. The highest BCUT2D eigenvalue weighted by atomic mass is 19.2. The van der Waals surface area contributed by atoms with Gasteiger partial charge in [-0.25, -0.2) is 47.8 Å². The molecule has 0 spiro atoms. The molecule has 0 amide bonds. The van der Waals surface area contributed by atoms with Gasteiger partial charge in [-0.2, -0.15) is 0 Å². The van der Waals surface area contributed by atoms with Crippen LogP contribution in [0.25, 0.3) is 43.9 Å². The molecule has 0 atom stereocenters. The van der Waals surface area contributed by atoms with Crippen molar-refractivity contribution in [3.63, 3.8) is 0 Å². The predicted molar refractivity (Wildman–Crippen MR) is 236 cm³/mol. The topological polar surface area (TPSA) is 144 Å². The highest BCUT2D eigenvalue weighted by molar-refractivity contribution is 6.18. The number of carbonyl (C=O) groups excluding carboxylic acids is 1. The number of carbonyl (C=O) groups is 1. The fourth-order valence-corrected chi connectivity index (χ4v) is 8.88. The van der Waals surface area contributed by atoms with Gasteiger partial charge in [0.25, 0.3) is 0 Å². The van der Waals surface area contributed by atoms with Gasteiger partial charge >= 0.3 is 5.97 Å². The summed E-state index contributed by atoms with van der Waals surface area (Å²) in [6.07, 6.45) is 4.23. The van der Waals surface area contributed by atoms with Gasteiger partial charge in [0.1, 0.15) is 46.2 Å². The molecule has 2 aliphatic heterocycles. The Kier molecular flexibility index (Phi) is 11.1. The molecule has 4 aromatic heterocycles. The summed E-state index contributed by atoms with van der Waals surface area (Å²) in [5.41, 5.74) is 9.16. The Balaban J connectivity index is 0.846. The second-order valence-corrected chi connectivity index (χ2v) is 16.0. The van der Waals surface area contributed by atoms with E-state index in [9.17, 15) is 22.4 Å². The molecule has 3 N–H and O–H groups in total. The van der Waals surface area contributed by atoms with Gasteiger partial charge in [-0.3, -0.25) is 9.80 Å². The second-order valence-electron chi connectivity index (χ2n) is 16.0. The highest BCUT2D eigenvalue weighted by Crippen LogP contribution is 2.40. The van der Waals surface area contributed by atoms with E-state index < -0.39 is 29.2 Å². The van der Waals surface area contributed by atoms with Gasteiger partial charge in [0.05, 0.1) is 23.6 Å². The van der Waals surface area contributed by atoms with Crippen molar-refractivity contribution in [3.8, 4) is 5.75 Å². The SMILES string of the molecule is COc1ccc2[nH]c3c(N4CCN(CCc5ccc(F)c(F)c5)CC4)ncnc3c2c1NOC(=O)c1cccc2[nH]c3c(N4CCN(CCc5ccc(F)c(F)c5)CC4)ncnc3c12. The molecule has 4 aromatic carbocycles. The van der Waals surface area contributed by atoms with Gasteiger partial charge in [0.2, 0.25) is 0 Å². The van der Waals surface area contributed by atoms with E-state index >= 15 is 0 Å². The maximum Gasteiger partial charge on any atom is 0.363 e. The molecule has 0 aliphatic carbocycles. The zero-order valence-corrected chi connectivity index (χ0v) is 34.8. The van der Waals surface area contributed by atoms with Gasteiger partial charge in [-0.05, 0) is 72.5 Å². The number of piperazine rings is 2. The van der Waals surface area contributed by atoms with Crippen LogP contribution in [0, 0.1) is 23.3 Å². The monoisotopic (exact) mass is 873 g/mol. The van der Waals surface area contributed by atoms with Crippen LogP contribution >= 0.6 is 0 Å². The van der Waals surface area contributed by atoms with Crippen molar-refractivity contribution in [3.05, 3.63) is 119 Å². The molecule has 8 aromatic rings. The Labute approximate surface area is 363 Å². The average Bonchev–Trinajstić information content (AvgIpc) is 3.91. The van der Waals surface area contributed by atoms with Gasteiger partial charge in [-0.1, -0.05) is 18.2 Å². The van der Waals surface area contributed by atoms with Crippen molar-refractivity contribution in [1.82, 2.24) is 39.7 Å². The number of H-pyrrole nitrogens is 2. The van der Waals surface area contributed by atoms with Crippen LogP contribution in [0.4, 0.5) is 34.9 Å². The molecule has 14 nitrogen and oxygen atoms in total. The first-order chi connectivity index (χ1) is 31.2. The lowest BCUT2D eigenvalue weighted by molar-refractivity contribution is 0.0598. The zero-order valence-electron chi connectivity index (χ0n) is 34.8. The molecule has 10 rings (SSSR count). The third-order valence-electron chi connectivity index (χ3n) is 12.3. The second kappa shape index (κ2) is 17.3. The van der Waals surface area contributed by atoms with Crippen molar-refractivity contribution in [2.45, 2.75) is 12.8 Å². The number of halogens is 4. The molecule has 2 aliphatic rings. The first kappa shape index (κ1) is 41.0. The number of fused-ring (bicyclic) bond motifs is 6. The van der Waals surface area contributed by atoms with Crippen LogP contribution in [0.2, 0.25) is 0 Å². The Hall–Kier alpha value is -7.05. The summed E-state index contributed by atoms with van der Waals surface area (Å²) in [6.45, 7) is 7.20. The lowest BCUT2D eigenvalue weighted by Gasteiger charge is -2.35. The number of nitrogens with one attached hydrogen (secondary N) is 3. The van der Waals surface area contributed by atoms with Crippen LogP contribution < -0.4 is 20.0 Å². The fourth-order valence-electron chi connectivity index (χ4n) is 8.88.